The zero-order valence-electron chi connectivity index (χ0n) is 18.2. The van der Waals surface area contributed by atoms with Crippen molar-refractivity contribution in [1.82, 2.24) is 10.2 Å². The van der Waals surface area contributed by atoms with Gasteiger partial charge in [-0.1, -0.05) is 0 Å². The van der Waals surface area contributed by atoms with Crippen molar-refractivity contribution < 1.29 is 28.2 Å². The molecule has 2 amide bonds. The van der Waals surface area contributed by atoms with E-state index in [0.29, 0.717) is 17.9 Å². The number of halogens is 1. The summed E-state index contributed by atoms with van der Waals surface area (Å²) in [5.41, 5.74) is -1.85. The van der Waals surface area contributed by atoms with Gasteiger partial charge in [-0.25, -0.2) is 14.0 Å². The molecular formula is C21H31FN2O5. The van der Waals surface area contributed by atoms with Gasteiger partial charge >= 0.3 is 12.2 Å². The lowest BCUT2D eigenvalue weighted by atomic mass is 9.82. The molecule has 0 spiro atoms. The van der Waals surface area contributed by atoms with Crippen LogP contribution in [0.15, 0.2) is 18.2 Å². The molecule has 162 valence electrons. The van der Waals surface area contributed by atoms with Crippen LogP contribution < -0.4 is 10.1 Å². The van der Waals surface area contributed by atoms with Gasteiger partial charge in [0.15, 0.2) is 0 Å². The van der Waals surface area contributed by atoms with Crippen LogP contribution in [0.3, 0.4) is 0 Å². The van der Waals surface area contributed by atoms with E-state index in [1.54, 1.807) is 54.5 Å². The van der Waals surface area contributed by atoms with E-state index < -0.39 is 34.7 Å². The maximum Gasteiger partial charge on any atom is 0.410 e. The van der Waals surface area contributed by atoms with Gasteiger partial charge in [-0.2, -0.15) is 0 Å². The molecule has 0 saturated carbocycles. The van der Waals surface area contributed by atoms with Crippen LogP contribution in [0.2, 0.25) is 0 Å². The maximum absolute atomic E-state index is 14.2. The summed E-state index contributed by atoms with van der Waals surface area (Å²) in [7, 11) is 0. The normalized spacial score (nSPS) is 15.9. The fourth-order valence-corrected chi connectivity index (χ4v) is 2.98. The molecule has 1 aromatic rings. The van der Waals surface area contributed by atoms with Gasteiger partial charge in [0.1, 0.15) is 28.3 Å². The second-order valence-electron chi connectivity index (χ2n) is 9.15. The number of hydrogen-bond donors (Lipinski definition) is 1. The van der Waals surface area contributed by atoms with Gasteiger partial charge in [0.25, 0.3) is 0 Å². The van der Waals surface area contributed by atoms with Crippen LogP contribution in [-0.4, -0.2) is 48.0 Å². The minimum Gasteiger partial charge on any atom is -0.494 e. The quantitative estimate of drug-likeness (QED) is 0.805. The first-order valence-corrected chi connectivity index (χ1v) is 9.66. The molecule has 7 nitrogen and oxygen atoms in total. The molecule has 0 unspecified atom stereocenters. The second kappa shape index (κ2) is 8.08. The molecule has 0 aliphatic carbocycles. The predicted molar refractivity (Wildman–Crippen MR) is 106 cm³/mol. The molecule has 8 heteroatoms. The summed E-state index contributed by atoms with van der Waals surface area (Å²) < 4.78 is 30.4. The van der Waals surface area contributed by atoms with E-state index in [-0.39, 0.29) is 13.1 Å². The average Bonchev–Trinajstić information content (AvgIpc) is 2.46. The second-order valence-corrected chi connectivity index (χ2v) is 9.15. The number of rotatable bonds is 4. The molecule has 0 bridgehead atoms. The number of carbonyl (C=O) groups is 2. The van der Waals surface area contributed by atoms with Crippen molar-refractivity contribution in [2.24, 2.45) is 0 Å². The molecule has 0 radical (unpaired) electrons. The third-order valence-electron chi connectivity index (χ3n) is 4.05. The van der Waals surface area contributed by atoms with E-state index in [1.165, 1.54) is 17.0 Å². The Kier molecular flexibility index (Phi) is 6.35. The number of ether oxygens (including phenoxy) is 3. The molecule has 29 heavy (non-hydrogen) atoms. The number of benzene rings is 1. The number of alkyl carbamates (subject to hydrolysis) is 1. The first-order chi connectivity index (χ1) is 13.2. The van der Waals surface area contributed by atoms with Crippen molar-refractivity contribution in [3.63, 3.8) is 0 Å². The van der Waals surface area contributed by atoms with Gasteiger partial charge in [0.2, 0.25) is 0 Å². The van der Waals surface area contributed by atoms with E-state index in [2.05, 4.69) is 5.32 Å². The smallest absolute Gasteiger partial charge is 0.410 e. The molecule has 1 saturated heterocycles. The Labute approximate surface area is 171 Å². The molecule has 1 heterocycles. The van der Waals surface area contributed by atoms with E-state index >= 15 is 0 Å². The van der Waals surface area contributed by atoms with Crippen molar-refractivity contribution in [2.75, 3.05) is 19.7 Å². The Morgan fingerprint density at radius 3 is 2.17 bits per heavy atom. The molecule has 1 fully saturated rings. The molecule has 1 N–H and O–H groups in total. The summed E-state index contributed by atoms with van der Waals surface area (Å²) in [5.74, 6) is -0.143. The minimum absolute atomic E-state index is 0.121. The lowest BCUT2D eigenvalue weighted by Gasteiger charge is -2.50. The van der Waals surface area contributed by atoms with Crippen LogP contribution in [0.1, 0.15) is 54.0 Å². The lowest BCUT2D eigenvalue weighted by molar-refractivity contribution is -0.0230. The summed E-state index contributed by atoms with van der Waals surface area (Å²) in [5, 5.41) is 2.81. The van der Waals surface area contributed by atoms with Crippen LogP contribution in [0, 0.1) is 5.82 Å². The van der Waals surface area contributed by atoms with Crippen LogP contribution in [-0.2, 0) is 15.0 Å². The number of likely N-dealkylation sites (tertiary alicyclic amines) is 1. The number of amides is 2. The first kappa shape index (κ1) is 22.8. The van der Waals surface area contributed by atoms with Crippen LogP contribution >= 0.6 is 0 Å². The van der Waals surface area contributed by atoms with Gasteiger partial charge in [0.05, 0.1) is 19.7 Å². The number of carbonyl (C=O) groups excluding carboxylic acids is 2. The average molecular weight is 410 g/mol. The lowest BCUT2D eigenvalue weighted by Crippen LogP contribution is -2.69. The zero-order chi connectivity index (χ0) is 22.0. The molecular weight excluding hydrogens is 379 g/mol. The largest absolute Gasteiger partial charge is 0.494 e. The number of nitrogens with zero attached hydrogens (tertiary/aromatic N) is 1. The Balaban J connectivity index is 2.29. The van der Waals surface area contributed by atoms with E-state index in [1.807, 2.05) is 0 Å². The first-order valence-electron chi connectivity index (χ1n) is 9.66. The number of nitrogens with one attached hydrogen (secondary N) is 1. The Morgan fingerprint density at radius 2 is 1.66 bits per heavy atom. The van der Waals surface area contributed by atoms with Crippen molar-refractivity contribution in [1.29, 1.82) is 0 Å². The van der Waals surface area contributed by atoms with Gasteiger partial charge in [0, 0.05) is 6.07 Å². The predicted octanol–water partition coefficient (Wildman–Crippen LogP) is 4.20. The highest BCUT2D eigenvalue weighted by molar-refractivity contribution is 5.73. The van der Waals surface area contributed by atoms with E-state index in [9.17, 15) is 14.0 Å². The highest BCUT2D eigenvalue weighted by Crippen LogP contribution is 2.36. The van der Waals surface area contributed by atoms with Gasteiger partial charge in [-0.3, -0.25) is 0 Å². The van der Waals surface area contributed by atoms with Crippen molar-refractivity contribution >= 4 is 12.2 Å². The van der Waals surface area contributed by atoms with Crippen LogP contribution in [0.5, 0.6) is 5.75 Å². The standard InChI is InChI=1S/C21H31FN2O5/c1-8-27-16-10-14(9-15(22)11-16)21(23-17(25)28-19(2,3)4)12-24(13-21)18(26)29-20(5,6)7/h9-11H,8,12-13H2,1-7H3,(H,23,25). The molecule has 0 atom stereocenters. The fourth-order valence-electron chi connectivity index (χ4n) is 2.98. The summed E-state index contributed by atoms with van der Waals surface area (Å²) in [6.45, 7) is 13.0. The summed E-state index contributed by atoms with van der Waals surface area (Å²) in [6, 6.07) is 4.27. The Morgan fingerprint density at radius 1 is 1.07 bits per heavy atom. The van der Waals surface area contributed by atoms with Crippen molar-refractivity contribution in [3.8, 4) is 5.75 Å². The molecule has 1 aromatic carbocycles. The maximum atomic E-state index is 14.2. The fraction of sp³-hybridized carbons (Fsp3) is 0.619. The summed E-state index contributed by atoms with van der Waals surface area (Å²) in [4.78, 5) is 26.3. The van der Waals surface area contributed by atoms with Gasteiger partial charge < -0.3 is 24.4 Å². The van der Waals surface area contributed by atoms with Gasteiger partial charge in [-0.15, -0.1) is 0 Å². The monoisotopic (exact) mass is 410 g/mol. The highest BCUT2D eigenvalue weighted by Gasteiger charge is 2.50. The van der Waals surface area contributed by atoms with Crippen molar-refractivity contribution in [2.45, 2.75) is 65.2 Å². The Hall–Kier alpha value is -2.51. The van der Waals surface area contributed by atoms with E-state index in [4.69, 9.17) is 14.2 Å². The molecule has 2 rings (SSSR count). The van der Waals surface area contributed by atoms with Crippen LogP contribution in [0.25, 0.3) is 0 Å². The minimum atomic E-state index is -1.01. The molecule has 0 aromatic heterocycles. The summed E-state index contributed by atoms with van der Waals surface area (Å²) >= 11 is 0. The zero-order valence-corrected chi connectivity index (χ0v) is 18.2. The highest BCUT2D eigenvalue weighted by atomic mass is 19.1. The SMILES string of the molecule is CCOc1cc(F)cc(C2(NC(=O)OC(C)(C)C)CN(C(=O)OC(C)(C)C)C2)c1. The summed E-state index contributed by atoms with van der Waals surface area (Å²) in [6.07, 6.45) is -1.15. The van der Waals surface area contributed by atoms with Crippen molar-refractivity contribution in [3.05, 3.63) is 29.6 Å². The third kappa shape index (κ3) is 6.24. The number of hydrogen-bond acceptors (Lipinski definition) is 5. The third-order valence-corrected chi connectivity index (χ3v) is 4.05. The topological polar surface area (TPSA) is 77.1 Å². The van der Waals surface area contributed by atoms with Crippen LogP contribution in [0.4, 0.5) is 14.0 Å². The Bertz CT molecular complexity index is 761. The molecule has 1 aliphatic rings. The van der Waals surface area contributed by atoms with E-state index in [0.717, 1.165) is 0 Å². The van der Waals surface area contributed by atoms with Gasteiger partial charge in [-0.05, 0) is 66.2 Å². The molecule has 1 aliphatic heterocycles.